The summed E-state index contributed by atoms with van der Waals surface area (Å²) in [5, 5.41) is 11.2. The van der Waals surface area contributed by atoms with Crippen molar-refractivity contribution >= 4 is 17.3 Å². The lowest BCUT2D eigenvalue weighted by molar-refractivity contribution is -0.140. The first-order valence-electron chi connectivity index (χ1n) is 6.48. The predicted octanol–water partition coefficient (Wildman–Crippen LogP) is 3.63. The lowest BCUT2D eigenvalue weighted by Crippen LogP contribution is -2.41. The highest BCUT2D eigenvalue weighted by Gasteiger charge is 2.29. The Hall–Kier alpha value is -0.870. The number of carboxylic acid groups (broad SMARTS) is 1. The van der Waals surface area contributed by atoms with Crippen LogP contribution in [0.5, 0.6) is 0 Å². The molecule has 0 fully saturated rings. The van der Waals surface area contributed by atoms with Crippen LogP contribution in [0.2, 0.25) is 0 Å². The molecule has 0 bridgehead atoms. The van der Waals surface area contributed by atoms with E-state index in [0.717, 1.165) is 6.42 Å². The summed E-state index contributed by atoms with van der Waals surface area (Å²) in [4.78, 5) is 14.5. The second kappa shape index (κ2) is 6.90. The number of aliphatic carboxylic acids is 1. The first kappa shape index (κ1) is 15.2. The molecule has 0 spiro atoms. The van der Waals surface area contributed by atoms with Gasteiger partial charge in [-0.2, -0.15) is 0 Å². The summed E-state index contributed by atoms with van der Waals surface area (Å²) in [5.41, 5.74) is 0. The van der Waals surface area contributed by atoms with Gasteiger partial charge in [-0.3, -0.25) is 9.69 Å². The van der Waals surface area contributed by atoms with Gasteiger partial charge < -0.3 is 5.11 Å². The second-order valence-electron chi connectivity index (χ2n) is 5.03. The van der Waals surface area contributed by atoms with Crippen LogP contribution in [0.25, 0.3) is 0 Å². The zero-order chi connectivity index (χ0) is 13.7. The average molecular weight is 269 g/mol. The van der Waals surface area contributed by atoms with Crippen molar-refractivity contribution in [2.45, 2.75) is 46.2 Å². The molecule has 18 heavy (non-hydrogen) atoms. The minimum absolute atomic E-state index is 0.107. The summed E-state index contributed by atoms with van der Waals surface area (Å²) >= 11 is 1.71. The molecule has 1 aromatic rings. The van der Waals surface area contributed by atoms with E-state index in [9.17, 15) is 4.79 Å². The number of nitrogens with zero attached hydrogens (tertiary/aromatic N) is 1. The van der Waals surface area contributed by atoms with Gasteiger partial charge in [-0.15, -0.1) is 11.3 Å². The smallest absolute Gasteiger partial charge is 0.317 e. The molecule has 2 atom stereocenters. The summed E-state index contributed by atoms with van der Waals surface area (Å²) in [7, 11) is 0. The molecule has 102 valence electrons. The molecule has 1 heterocycles. The number of hydrogen-bond acceptors (Lipinski definition) is 3. The zero-order valence-electron chi connectivity index (χ0n) is 11.6. The Kier molecular flexibility index (Phi) is 5.82. The molecule has 3 nitrogen and oxygen atoms in total. The second-order valence-corrected chi connectivity index (χ2v) is 6.01. The molecule has 1 aromatic heterocycles. The third kappa shape index (κ3) is 3.82. The molecule has 1 N–H and O–H groups in total. The van der Waals surface area contributed by atoms with Crippen LogP contribution in [0.4, 0.5) is 0 Å². The Bertz CT molecular complexity index is 362. The van der Waals surface area contributed by atoms with E-state index in [4.69, 9.17) is 5.11 Å². The van der Waals surface area contributed by atoms with E-state index < -0.39 is 5.97 Å². The fraction of sp³-hybridized carbons (Fsp3) is 0.643. The number of thiophene rings is 1. The van der Waals surface area contributed by atoms with Crippen LogP contribution in [-0.2, 0) is 4.79 Å². The highest BCUT2D eigenvalue weighted by Crippen LogP contribution is 2.33. The molecule has 0 amide bonds. The molecule has 1 rings (SSSR count). The maximum absolute atomic E-state index is 11.1. The van der Waals surface area contributed by atoms with E-state index >= 15 is 0 Å². The third-order valence-electron chi connectivity index (χ3n) is 3.30. The lowest BCUT2D eigenvalue weighted by Gasteiger charge is -2.37. The summed E-state index contributed by atoms with van der Waals surface area (Å²) < 4.78 is 0. The molecule has 0 saturated carbocycles. The van der Waals surface area contributed by atoms with Gasteiger partial charge in [-0.1, -0.05) is 26.8 Å². The number of carboxylic acids is 1. The standard InChI is InChI=1S/C14H23NO2S/c1-5-11(4)15(9-13(16)17)14(10(2)3)12-7-6-8-18-12/h6-8,10-11,14H,5,9H2,1-4H3,(H,16,17). The molecular formula is C14H23NO2S. The minimum atomic E-state index is -0.752. The molecule has 0 aliphatic rings. The van der Waals surface area contributed by atoms with Crippen LogP contribution < -0.4 is 0 Å². The van der Waals surface area contributed by atoms with E-state index in [1.165, 1.54) is 4.88 Å². The van der Waals surface area contributed by atoms with Crippen molar-refractivity contribution in [1.82, 2.24) is 4.90 Å². The Morgan fingerprint density at radius 3 is 2.50 bits per heavy atom. The van der Waals surface area contributed by atoms with Crippen LogP contribution in [0.15, 0.2) is 17.5 Å². The van der Waals surface area contributed by atoms with Crippen molar-refractivity contribution in [2.75, 3.05) is 6.54 Å². The van der Waals surface area contributed by atoms with Crippen molar-refractivity contribution in [1.29, 1.82) is 0 Å². The zero-order valence-corrected chi connectivity index (χ0v) is 12.4. The molecular weight excluding hydrogens is 246 g/mol. The lowest BCUT2D eigenvalue weighted by atomic mass is 9.98. The number of carbonyl (C=O) groups is 1. The van der Waals surface area contributed by atoms with Crippen molar-refractivity contribution in [3.05, 3.63) is 22.4 Å². The fourth-order valence-electron chi connectivity index (χ4n) is 2.25. The van der Waals surface area contributed by atoms with Crippen molar-refractivity contribution in [3.63, 3.8) is 0 Å². The molecule has 0 aliphatic heterocycles. The number of rotatable bonds is 7. The van der Waals surface area contributed by atoms with Gasteiger partial charge in [0, 0.05) is 17.0 Å². The van der Waals surface area contributed by atoms with Crippen molar-refractivity contribution < 1.29 is 9.90 Å². The van der Waals surface area contributed by atoms with E-state index in [1.807, 2.05) is 6.07 Å². The van der Waals surface area contributed by atoms with Crippen LogP contribution >= 0.6 is 11.3 Å². The topological polar surface area (TPSA) is 40.5 Å². The molecule has 2 unspecified atom stereocenters. The Labute approximate surface area is 113 Å². The third-order valence-corrected chi connectivity index (χ3v) is 4.24. The van der Waals surface area contributed by atoms with Gasteiger partial charge in [0.2, 0.25) is 0 Å². The number of hydrogen-bond donors (Lipinski definition) is 1. The van der Waals surface area contributed by atoms with Gasteiger partial charge in [-0.05, 0) is 30.7 Å². The van der Waals surface area contributed by atoms with Gasteiger partial charge in [-0.25, -0.2) is 0 Å². The van der Waals surface area contributed by atoms with E-state index in [-0.39, 0.29) is 18.6 Å². The average Bonchev–Trinajstić information content (AvgIpc) is 2.79. The monoisotopic (exact) mass is 269 g/mol. The Balaban J connectivity index is 3.01. The summed E-state index contributed by atoms with van der Waals surface area (Å²) in [6, 6.07) is 4.60. The van der Waals surface area contributed by atoms with Gasteiger partial charge in [0.25, 0.3) is 0 Å². The van der Waals surface area contributed by atoms with Gasteiger partial charge in [0.1, 0.15) is 0 Å². The Morgan fingerprint density at radius 2 is 2.11 bits per heavy atom. The fourth-order valence-corrected chi connectivity index (χ4v) is 3.27. The van der Waals surface area contributed by atoms with Crippen molar-refractivity contribution in [2.24, 2.45) is 5.92 Å². The Morgan fingerprint density at radius 1 is 1.44 bits per heavy atom. The van der Waals surface area contributed by atoms with E-state index in [2.05, 4.69) is 44.0 Å². The maximum Gasteiger partial charge on any atom is 0.317 e. The molecule has 4 heteroatoms. The van der Waals surface area contributed by atoms with Gasteiger partial charge in [0.05, 0.1) is 6.54 Å². The van der Waals surface area contributed by atoms with Crippen LogP contribution in [0, 0.1) is 5.92 Å². The quantitative estimate of drug-likeness (QED) is 0.821. The van der Waals surface area contributed by atoms with Crippen molar-refractivity contribution in [3.8, 4) is 0 Å². The summed E-state index contributed by atoms with van der Waals surface area (Å²) in [6.45, 7) is 8.62. The molecule has 0 aliphatic carbocycles. The summed E-state index contributed by atoms with van der Waals surface area (Å²) in [5.74, 6) is -0.352. The SMILES string of the molecule is CCC(C)N(CC(=O)O)C(c1cccs1)C(C)C. The normalized spacial score (nSPS) is 15.0. The largest absolute Gasteiger partial charge is 0.480 e. The van der Waals surface area contributed by atoms with Gasteiger partial charge in [0.15, 0.2) is 0 Å². The molecule has 0 saturated heterocycles. The van der Waals surface area contributed by atoms with Gasteiger partial charge >= 0.3 is 5.97 Å². The minimum Gasteiger partial charge on any atom is -0.480 e. The maximum atomic E-state index is 11.1. The van der Waals surface area contributed by atoms with Crippen LogP contribution in [-0.4, -0.2) is 28.6 Å². The highest BCUT2D eigenvalue weighted by atomic mass is 32.1. The first-order valence-corrected chi connectivity index (χ1v) is 7.36. The first-order chi connectivity index (χ1) is 8.47. The highest BCUT2D eigenvalue weighted by molar-refractivity contribution is 7.10. The van der Waals surface area contributed by atoms with Crippen LogP contribution in [0.1, 0.15) is 45.0 Å². The van der Waals surface area contributed by atoms with E-state index in [1.54, 1.807) is 11.3 Å². The predicted molar refractivity (Wildman–Crippen MR) is 76.0 cm³/mol. The molecule has 0 radical (unpaired) electrons. The molecule has 0 aromatic carbocycles. The van der Waals surface area contributed by atoms with Crippen LogP contribution in [0.3, 0.4) is 0 Å². The summed E-state index contributed by atoms with van der Waals surface area (Å²) in [6.07, 6.45) is 0.960. The van der Waals surface area contributed by atoms with E-state index in [0.29, 0.717) is 5.92 Å².